The molecule has 0 atom stereocenters. The zero-order valence-corrected chi connectivity index (χ0v) is 15.3. The minimum Gasteiger partial charge on any atom is -0.192 e. The third kappa shape index (κ3) is 7.84. The molecule has 1 aromatic carbocycles. The molecule has 0 unspecified atom stereocenters. The molecular formula is C22H31N. The largest absolute Gasteiger partial charge is 0.192 e. The molecule has 1 heteroatoms. The van der Waals surface area contributed by atoms with E-state index in [2.05, 4.69) is 64.1 Å². The molecule has 0 radical (unpaired) electrons. The van der Waals surface area contributed by atoms with Gasteiger partial charge in [-0.15, -0.1) is 0 Å². The summed E-state index contributed by atoms with van der Waals surface area (Å²) in [6.07, 6.45) is 12.4. The van der Waals surface area contributed by atoms with Gasteiger partial charge in [0, 0.05) is 0 Å². The maximum absolute atomic E-state index is 9.40. The lowest BCUT2D eigenvalue weighted by molar-refractivity contribution is 0.717. The number of benzene rings is 1. The monoisotopic (exact) mass is 309 g/mol. The van der Waals surface area contributed by atoms with E-state index in [9.17, 15) is 5.26 Å². The van der Waals surface area contributed by atoms with Crippen LogP contribution in [-0.2, 0) is 12.8 Å². The van der Waals surface area contributed by atoms with Crippen LogP contribution < -0.4 is 0 Å². The number of unbranched alkanes of at least 4 members (excludes halogenated alkanes) is 2. The molecule has 0 heterocycles. The second kappa shape index (κ2) is 10.8. The van der Waals surface area contributed by atoms with Gasteiger partial charge in [0.2, 0.25) is 0 Å². The Balaban J connectivity index is 2.65. The van der Waals surface area contributed by atoms with Crippen molar-refractivity contribution in [3.05, 3.63) is 58.2 Å². The smallest absolute Gasteiger partial charge is 0.0994 e. The van der Waals surface area contributed by atoms with Crippen molar-refractivity contribution in [3.8, 4) is 6.07 Å². The van der Waals surface area contributed by atoms with Gasteiger partial charge >= 0.3 is 0 Å². The van der Waals surface area contributed by atoms with Gasteiger partial charge in [0.1, 0.15) is 0 Å². The molecule has 0 bridgehead atoms. The summed E-state index contributed by atoms with van der Waals surface area (Å²) in [6.45, 7) is 8.68. The maximum atomic E-state index is 9.40. The van der Waals surface area contributed by atoms with Crippen molar-refractivity contribution in [1.82, 2.24) is 0 Å². The fourth-order valence-corrected chi connectivity index (χ4v) is 2.62. The summed E-state index contributed by atoms with van der Waals surface area (Å²) in [5.74, 6) is 0. The predicted molar refractivity (Wildman–Crippen MR) is 101 cm³/mol. The Morgan fingerprint density at radius 2 is 1.91 bits per heavy atom. The Morgan fingerprint density at radius 3 is 2.57 bits per heavy atom. The van der Waals surface area contributed by atoms with Crippen LogP contribution >= 0.6 is 0 Å². The van der Waals surface area contributed by atoms with Gasteiger partial charge in [0.25, 0.3) is 0 Å². The quantitative estimate of drug-likeness (QED) is 0.376. The van der Waals surface area contributed by atoms with Crippen molar-refractivity contribution >= 4 is 0 Å². The molecule has 124 valence electrons. The van der Waals surface area contributed by atoms with Gasteiger partial charge in [-0.1, -0.05) is 55.2 Å². The Bertz CT molecular complexity index is 580. The molecule has 0 saturated carbocycles. The Labute approximate surface area is 142 Å². The molecule has 0 aliphatic heterocycles. The average molecular weight is 309 g/mol. The number of hydrogen-bond donors (Lipinski definition) is 0. The summed E-state index contributed by atoms with van der Waals surface area (Å²) in [6, 6.07) is 8.78. The van der Waals surface area contributed by atoms with Gasteiger partial charge in [-0.05, 0) is 70.1 Å². The van der Waals surface area contributed by atoms with Crippen molar-refractivity contribution in [3.63, 3.8) is 0 Å². The molecule has 0 N–H and O–H groups in total. The molecule has 23 heavy (non-hydrogen) atoms. The third-order valence-corrected chi connectivity index (χ3v) is 4.13. The first-order valence-electron chi connectivity index (χ1n) is 8.87. The van der Waals surface area contributed by atoms with E-state index < -0.39 is 0 Å². The minimum atomic E-state index is 0.840. The van der Waals surface area contributed by atoms with E-state index in [1.165, 1.54) is 36.0 Å². The Kier molecular flexibility index (Phi) is 9.07. The highest BCUT2D eigenvalue weighted by Crippen LogP contribution is 2.16. The number of hydrogen-bond acceptors (Lipinski definition) is 1. The SMILES string of the molecule is CCCCCc1ccc(C/C=C(\C)CCC=C(C)C)c(C#N)c1. The van der Waals surface area contributed by atoms with Crippen molar-refractivity contribution in [2.24, 2.45) is 0 Å². The molecule has 0 aliphatic carbocycles. The number of aryl methyl sites for hydroxylation is 1. The summed E-state index contributed by atoms with van der Waals surface area (Å²) in [5.41, 5.74) is 6.06. The number of allylic oxidation sites excluding steroid dienone is 4. The molecule has 1 nitrogen and oxygen atoms in total. The number of nitrogens with zero attached hydrogens (tertiary/aromatic N) is 1. The fraction of sp³-hybridized carbons (Fsp3) is 0.500. The summed E-state index contributed by atoms with van der Waals surface area (Å²) < 4.78 is 0. The summed E-state index contributed by atoms with van der Waals surface area (Å²) >= 11 is 0. The van der Waals surface area contributed by atoms with Gasteiger partial charge in [0.15, 0.2) is 0 Å². The lowest BCUT2D eigenvalue weighted by Crippen LogP contribution is -1.93. The first-order chi connectivity index (χ1) is 11.1. The van der Waals surface area contributed by atoms with Gasteiger partial charge in [-0.25, -0.2) is 0 Å². The van der Waals surface area contributed by atoms with Crippen LogP contribution in [0.3, 0.4) is 0 Å². The first-order valence-corrected chi connectivity index (χ1v) is 8.87. The lowest BCUT2D eigenvalue weighted by Gasteiger charge is -2.06. The average Bonchev–Trinajstić information content (AvgIpc) is 2.53. The highest BCUT2D eigenvalue weighted by molar-refractivity contribution is 5.42. The van der Waals surface area contributed by atoms with Crippen LogP contribution in [0.4, 0.5) is 0 Å². The van der Waals surface area contributed by atoms with Crippen LogP contribution in [0.25, 0.3) is 0 Å². The zero-order chi connectivity index (χ0) is 17.1. The van der Waals surface area contributed by atoms with E-state index in [0.717, 1.165) is 36.8 Å². The summed E-state index contributed by atoms with van der Waals surface area (Å²) in [7, 11) is 0. The second-order valence-corrected chi connectivity index (χ2v) is 6.64. The number of nitriles is 1. The summed E-state index contributed by atoms with van der Waals surface area (Å²) in [4.78, 5) is 0. The minimum absolute atomic E-state index is 0.840. The third-order valence-electron chi connectivity index (χ3n) is 4.13. The van der Waals surface area contributed by atoms with Gasteiger partial charge in [-0.3, -0.25) is 0 Å². The topological polar surface area (TPSA) is 23.8 Å². The highest BCUT2D eigenvalue weighted by atomic mass is 14.2. The van der Waals surface area contributed by atoms with Crippen molar-refractivity contribution < 1.29 is 0 Å². The van der Waals surface area contributed by atoms with Crippen LogP contribution in [0.15, 0.2) is 41.5 Å². The van der Waals surface area contributed by atoms with Gasteiger partial charge < -0.3 is 0 Å². The molecule has 0 fully saturated rings. The van der Waals surface area contributed by atoms with E-state index >= 15 is 0 Å². The standard InChI is InChI=1S/C22H31N/c1-5-6-7-11-20-13-15-21(22(16-20)17-23)14-12-19(4)10-8-9-18(2)3/h9,12-13,15-16H,5-8,10-11,14H2,1-4H3/b19-12+. The summed E-state index contributed by atoms with van der Waals surface area (Å²) in [5, 5.41) is 9.40. The Hall–Kier alpha value is -1.81. The van der Waals surface area contributed by atoms with Crippen molar-refractivity contribution in [2.45, 2.75) is 72.6 Å². The van der Waals surface area contributed by atoms with Crippen LogP contribution in [0.2, 0.25) is 0 Å². The van der Waals surface area contributed by atoms with Crippen LogP contribution in [0.5, 0.6) is 0 Å². The van der Waals surface area contributed by atoms with Gasteiger partial charge in [0.05, 0.1) is 11.6 Å². The van der Waals surface area contributed by atoms with E-state index in [4.69, 9.17) is 0 Å². The fourth-order valence-electron chi connectivity index (χ4n) is 2.62. The van der Waals surface area contributed by atoms with Crippen molar-refractivity contribution in [2.75, 3.05) is 0 Å². The predicted octanol–water partition coefficient (Wildman–Crippen LogP) is 6.53. The second-order valence-electron chi connectivity index (χ2n) is 6.64. The van der Waals surface area contributed by atoms with Gasteiger partial charge in [-0.2, -0.15) is 5.26 Å². The molecule has 0 saturated heterocycles. The van der Waals surface area contributed by atoms with Crippen LogP contribution in [-0.4, -0.2) is 0 Å². The molecule has 1 rings (SSSR count). The highest BCUT2D eigenvalue weighted by Gasteiger charge is 2.03. The Morgan fingerprint density at radius 1 is 1.13 bits per heavy atom. The first kappa shape index (κ1) is 19.2. The van der Waals surface area contributed by atoms with Crippen LogP contribution in [0.1, 0.15) is 76.5 Å². The lowest BCUT2D eigenvalue weighted by atomic mass is 9.98. The van der Waals surface area contributed by atoms with E-state index in [1.807, 2.05) is 0 Å². The normalized spacial score (nSPS) is 11.2. The molecule has 0 aromatic heterocycles. The van der Waals surface area contributed by atoms with E-state index in [1.54, 1.807) is 0 Å². The van der Waals surface area contributed by atoms with E-state index in [0.29, 0.717) is 0 Å². The molecule has 0 aliphatic rings. The molecule has 1 aromatic rings. The molecule has 0 amide bonds. The zero-order valence-electron chi connectivity index (χ0n) is 15.3. The van der Waals surface area contributed by atoms with Crippen molar-refractivity contribution in [1.29, 1.82) is 5.26 Å². The van der Waals surface area contributed by atoms with E-state index in [-0.39, 0.29) is 0 Å². The number of rotatable bonds is 9. The van der Waals surface area contributed by atoms with Crippen LogP contribution in [0, 0.1) is 11.3 Å². The molecule has 0 spiro atoms. The molecular weight excluding hydrogens is 278 g/mol. The maximum Gasteiger partial charge on any atom is 0.0994 e.